The van der Waals surface area contributed by atoms with Gasteiger partial charge in [0.2, 0.25) is 0 Å². The summed E-state index contributed by atoms with van der Waals surface area (Å²) in [7, 11) is 0. The van der Waals surface area contributed by atoms with Crippen LogP contribution in [0.25, 0.3) is 0 Å². The molecular weight excluding hydrogens is 592 g/mol. The number of carbonyl (C=O) groups is 2. The van der Waals surface area contributed by atoms with E-state index < -0.39 is 5.97 Å². The Labute approximate surface area is 297 Å². The van der Waals surface area contributed by atoms with Gasteiger partial charge in [-0.25, -0.2) is 0 Å². The van der Waals surface area contributed by atoms with Crippen LogP contribution in [0.5, 0.6) is 0 Å². The zero-order valence-electron chi connectivity index (χ0n) is 31.3. The molecule has 4 nitrogen and oxygen atoms in total. The first-order valence-electron chi connectivity index (χ1n) is 19.9. The molecule has 1 atom stereocenters. The highest BCUT2D eigenvalue weighted by Gasteiger charge is 2.09. The van der Waals surface area contributed by atoms with E-state index in [1.54, 1.807) is 0 Å². The third-order valence-corrected chi connectivity index (χ3v) is 8.43. The Kier molecular flexibility index (Phi) is 36.7. The maximum atomic E-state index is 12.2. The molecule has 0 spiro atoms. The highest BCUT2D eigenvalue weighted by atomic mass is 16.5. The summed E-state index contributed by atoms with van der Waals surface area (Å²) in [5, 5.41) is 8.65. The average molecular weight is 667 g/mol. The van der Waals surface area contributed by atoms with Gasteiger partial charge in [-0.2, -0.15) is 0 Å². The average Bonchev–Trinajstić information content (AvgIpc) is 3.06. The summed E-state index contributed by atoms with van der Waals surface area (Å²) in [6.45, 7) is 4.20. The number of hydrogen-bond acceptors (Lipinski definition) is 3. The summed E-state index contributed by atoms with van der Waals surface area (Å²) in [6.07, 6.45) is 56.2. The van der Waals surface area contributed by atoms with Gasteiger partial charge in [-0.15, -0.1) is 0 Å². The van der Waals surface area contributed by atoms with Crippen LogP contribution in [0.15, 0.2) is 72.9 Å². The molecule has 1 N–H and O–H groups in total. The van der Waals surface area contributed by atoms with E-state index in [1.807, 2.05) is 6.92 Å². The van der Waals surface area contributed by atoms with Crippen molar-refractivity contribution in [2.45, 2.75) is 193 Å². The molecule has 4 heteroatoms. The Balaban J connectivity index is 3.47. The van der Waals surface area contributed by atoms with Crippen molar-refractivity contribution in [2.75, 3.05) is 0 Å². The third kappa shape index (κ3) is 39.6. The molecule has 0 aliphatic carbocycles. The number of hydrogen-bond donors (Lipinski definition) is 1. The number of rotatable bonds is 35. The molecule has 0 radical (unpaired) electrons. The van der Waals surface area contributed by atoms with E-state index >= 15 is 0 Å². The van der Waals surface area contributed by atoms with Crippen LogP contribution in [-0.2, 0) is 14.3 Å². The Morgan fingerprint density at radius 3 is 1.25 bits per heavy atom. The number of carbonyl (C=O) groups excluding carboxylic acids is 1. The van der Waals surface area contributed by atoms with Crippen molar-refractivity contribution >= 4 is 11.9 Å². The molecule has 48 heavy (non-hydrogen) atoms. The highest BCUT2D eigenvalue weighted by molar-refractivity contribution is 5.69. The lowest BCUT2D eigenvalue weighted by Crippen LogP contribution is -2.14. The second-order valence-corrected chi connectivity index (χ2v) is 13.2. The third-order valence-electron chi connectivity index (χ3n) is 8.43. The number of allylic oxidation sites excluding steroid dienone is 12. The first kappa shape index (κ1) is 45.4. The zero-order valence-corrected chi connectivity index (χ0v) is 31.3. The van der Waals surface area contributed by atoms with E-state index in [0.29, 0.717) is 12.8 Å². The standard InChI is InChI=1S/C44H74O4/c1-3-4-5-6-7-8-9-10-11-12-13-14-15-16-20-23-26-29-32-35-38-41-44(47)48-42(2)39-36-33-30-27-24-21-18-17-19-22-25-28-31-34-37-40-43(45)46/h4-5,7-8,10-11,13-14,16,20,26,29,42H,3,6,9,12,15,17-19,21-25,27-28,30-41H2,1-2H3,(H,45,46)/b5-4-,8-7-,11-10-,14-13-,20-16-,29-26-. The molecule has 0 aliphatic heterocycles. The molecule has 0 amide bonds. The van der Waals surface area contributed by atoms with Gasteiger partial charge in [0.25, 0.3) is 0 Å². The fraction of sp³-hybridized carbons (Fsp3) is 0.682. The lowest BCUT2D eigenvalue weighted by Gasteiger charge is -2.13. The number of carboxylic acid groups (broad SMARTS) is 1. The lowest BCUT2D eigenvalue weighted by atomic mass is 10.0. The Morgan fingerprint density at radius 2 is 0.833 bits per heavy atom. The predicted molar refractivity (Wildman–Crippen MR) is 208 cm³/mol. The second kappa shape index (κ2) is 38.8. The van der Waals surface area contributed by atoms with Gasteiger partial charge < -0.3 is 9.84 Å². The van der Waals surface area contributed by atoms with E-state index in [0.717, 1.165) is 83.5 Å². The van der Waals surface area contributed by atoms with Crippen molar-refractivity contribution in [3.63, 3.8) is 0 Å². The molecule has 0 saturated heterocycles. The molecule has 0 aromatic heterocycles. The normalized spacial score (nSPS) is 13.0. The van der Waals surface area contributed by atoms with Crippen LogP contribution in [0.1, 0.15) is 187 Å². The first-order chi connectivity index (χ1) is 23.6. The molecule has 0 heterocycles. The van der Waals surface area contributed by atoms with Crippen LogP contribution in [0.3, 0.4) is 0 Å². The van der Waals surface area contributed by atoms with Gasteiger partial charge in [0.15, 0.2) is 0 Å². The summed E-state index contributed by atoms with van der Waals surface area (Å²) in [4.78, 5) is 22.7. The Bertz CT molecular complexity index is 892. The Morgan fingerprint density at radius 1 is 0.479 bits per heavy atom. The minimum atomic E-state index is -0.669. The SMILES string of the molecule is CC/C=C\C/C=C\C/C=C\C/C=C\C/C=C\C/C=C\CCCCC(=O)OC(C)CCCCCCCCCCCCCCCCCC(=O)O. The van der Waals surface area contributed by atoms with Crippen LogP contribution in [-0.4, -0.2) is 23.1 Å². The maximum Gasteiger partial charge on any atom is 0.306 e. The number of carboxylic acids is 1. The number of ether oxygens (including phenoxy) is 1. The van der Waals surface area contributed by atoms with Gasteiger partial charge in [-0.3, -0.25) is 9.59 Å². The Hall–Kier alpha value is -2.62. The first-order valence-corrected chi connectivity index (χ1v) is 19.9. The topological polar surface area (TPSA) is 63.6 Å². The highest BCUT2D eigenvalue weighted by Crippen LogP contribution is 2.15. The minimum absolute atomic E-state index is 0.0330. The molecule has 0 aromatic rings. The predicted octanol–water partition coefficient (Wildman–Crippen LogP) is 13.9. The number of unbranched alkanes of at least 4 members (excludes halogenated alkanes) is 16. The fourth-order valence-electron chi connectivity index (χ4n) is 5.52. The van der Waals surface area contributed by atoms with Gasteiger partial charge in [0, 0.05) is 12.8 Å². The van der Waals surface area contributed by atoms with Crippen LogP contribution < -0.4 is 0 Å². The molecule has 0 bridgehead atoms. The summed E-state index contributed by atoms with van der Waals surface area (Å²) >= 11 is 0. The van der Waals surface area contributed by atoms with Crippen LogP contribution >= 0.6 is 0 Å². The molecule has 0 aromatic carbocycles. The maximum absolute atomic E-state index is 12.2. The van der Waals surface area contributed by atoms with E-state index in [4.69, 9.17) is 9.84 Å². The molecular formula is C44H74O4. The minimum Gasteiger partial charge on any atom is -0.481 e. The molecule has 0 aliphatic rings. The van der Waals surface area contributed by atoms with Gasteiger partial charge in [0.1, 0.15) is 0 Å². The quantitative estimate of drug-likeness (QED) is 0.0415. The van der Waals surface area contributed by atoms with Crippen molar-refractivity contribution in [2.24, 2.45) is 0 Å². The largest absolute Gasteiger partial charge is 0.481 e. The van der Waals surface area contributed by atoms with Crippen molar-refractivity contribution < 1.29 is 19.4 Å². The number of aliphatic carboxylic acids is 1. The number of esters is 1. The van der Waals surface area contributed by atoms with E-state index in [2.05, 4.69) is 79.8 Å². The summed E-state index contributed by atoms with van der Waals surface area (Å²) in [6, 6.07) is 0. The molecule has 0 saturated carbocycles. The van der Waals surface area contributed by atoms with E-state index in [9.17, 15) is 9.59 Å². The lowest BCUT2D eigenvalue weighted by molar-refractivity contribution is -0.148. The molecule has 1 unspecified atom stereocenters. The van der Waals surface area contributed by atoms with Crippen LogP contribution in [0, 0.1) is 0 Å². The van der Waals surface area contributed by atoms with Gasteiger partial charge in [-0.05, 0) is 84.0 Å². The smallest absolute Gasteiger partial charge is 0.306 e. The molecule has 274 valence electrons. The summed E-state index contributed by atoms with van der Waals surface area (Å²) in [5.74, 6) is -0.710. The molecule has 0 fully saturated rings. The van der Waals surface area contributed by atoms with Crippen LogP contribution in [0.4, 0.5) is 0 Å². The zero-order chi connectivity index (χ0) is 35.0. The van der Waals surface area contributed by atoms with Gasteiger partial charge in [0.05, 0.1) is 6.10 Å². The second-order valence-electron chi connectivity index (χ2n) is 13.2. The van der Waals surface area contributed by atoms with Crippen molar-refractivity contribution in [1.82, 2.24) is 0 Å². The summed E-state index contributed by atoms with van der Waals surface area (Å²) < 4.78 is 5.63. The monoisotopic (exact) mass is 667 g/mol. The van der Waals surface area contributed by atoms with Crippen molar-refractivity contribution in [3.8, 4) is 0 Å². The fourth-order valence-corrected chi connectivity index (χ4v) is 5.52. The van der Waals surface area contributed by atoms with Crippen molar-refractivity contribution in [1.29, 1.82) is 0 Å². The van der Waals surface area contributed by atoms with Gasteiger partial charge in [-0.1, -0.05) is 163 Å². The van der Waals surface area contributed by atoms with Crippen LogP contribution in [0.2, 0.25) is 0 Å². The van der Waals surface area contributed by atoms with Crippen molar-refractivity contribution in [3.05, 3.63) is 72.9 Å². The molecule has 0 rings (SSSR count). The van der Waals surface area contributed by atoms with E-state index in [1.165, 1.54) is 77.0 Å². The summed E-state index contributed by atoms with van der Waals surface area (Å²) in [5.41, 5.74) is 0. The van der Waals surface area contributed by atoms with Gasteiger partial charge >= 0.3 is 11.9 Å². The van der Waals surface area contributed by atoms with E-state index in [-0.39, 0.29) is 12.1 Å².